The lowest BCUT2D eigenvalue weighted by atomic mass is 9.95. The summed E-state index contributed by atoms with van der Waals surface area (Å²) in [4.78, 5) is 11.3. The molecule has 0 saturated carbocycles. The lowest BCUT2D eigenvalue weighted by Crippen LogP contribution is -2.34. The van der Waals surface area contributed by atoms with E-state index < -0.39 is 0 Å². The molecule has 0 saturated heterocycles. The van der Waals surface area contributed by atoms with Gasteiger partial charge in [-0.2, -0.15) is 0 Å². The van der Waals surface area contributed by atoms with E-state index in [1.807, 2.05) is 18.2 Å². The van der Waals surface area contributed by atoms with Crippen LogP contribution in [0.5, 0.6) is 28.7 Å². The summed E-state index contributed by atoms with van der Waals surface area (Å²) in [7, 11) is 1.52. The second-order valence-electron chi connectivity index (χ2n) is 7.10. The minimum absolute atomic E-state index is 0.189. The summed E-state index contributed by atoms with van der Waals surface area (Å²) in [6.07, 6.45) is 1.07. The fourth-order valence-electron chi connectivity index (χ4n) is 3.46. The predicted octanol–water partition coefficient (Wildman–Crippen LogP) is 4.16. The number of ether oxygens (including phenoxy) is 5. The minimum atomic E-state index is -0.304. The summed E-state index contributed by atoms with van der Waals surface area (Å²) < 4.78 is 28.8. The van der Waals surface area contributed by atoms with Crippen LogP contribution in [0.15, 0.2) is 30.3 Å². The summed E-state index contributed by atoms with van der Waals surface area (Å²) in [6, 6.07) is 9.16. The molecular formula is C21H22O6. The van der Waals surface area contributed by atoms with E-state index in [0.29, 0.717) is 34.5 Å². The van der Waals surface area contributed by atoms with Crippen molar-refractivity contribution >= 4 is 6.29 Å². The van der Waals surface area contributed by atoms with E-state index in [1.165, 1.54) is 7.11 Å². The molecule has 2 atom stereocenters. The highest BCUT2D eigenvalue weighted by Gasteiger charge is 2.35. The zero-order valence-electron chi connectivity index (χ0n) is 15.6. The van der Waals surface area contributed by atoms with Crippen LogP contribution in [0.4, 0.5) is 0 Å². The van der Waals surface area contributed by atoms with E-state index in [1.54, 1.807) is 12.1 Å². The number of methoxy groups -OCH3 is 1. The number of hydrogen-bond donors (Lipinski definition) is 0. The molecule has 2 aliphatic rings. The normalized spacial score (nSPS) is 19.9. The molecule has 0 aromatic heterocycles. The van der Waals surface area contributed by atoms with Gasteiger partial charge in [-0.1, -0.05) is 19.9 Å². The van der Waals surface area contributed by atoms with Crippen molar-refractivity contribution < 1.29 is 28.5 Å². The Balaban J connectivity index is 1.73. The molecule has 0 N–H and O–H groups in total. The number of fused-ring (bicyclic) bond motifs is 2. The van der Waals surface area contributed by atoms with Crippen molar-refractivity contribution in [1.29, 1.82) is 0 Å². The second kappa shape index (κ2) is 7.02. The SMILES string of the molecule is COc1cc2c(cc1C=O)O[C@@H](CC(C)C)[C@H](c1ccc3c(c1)OCO3)O2. The van der Waals surface area contributed by atoms with Crippen molar-refractivity contribution in [2.24, 2.45) is 5.92 Å². The smallest absolute Gasteiger partial charge is 0.231 e. The third-order valence-corrected chi connectivity index (χ3v) is 4.72. The van der Waals surface area contributed by atoms with Gasteiger partial charge in [0.15, 0.2) is 35.4 Å². The first kappa shape index (κ1) is 17.5. The Hall–Kier alpha value is -2.89. The average Bonchev–Trinajstić information content (AvgIpc) is 3.13. The van der Waals surface area contributed by atoms with Gasteiger partial charge in [0.1, 0.15) is 11.9 Å². The zero-order chi connectivity index (χ0) is 19.0. The predicted molar refractivity (Wildman–Crippen MR) is 98.2 cm³/mol. The zero-order valence-corrected chi connectivity index (χ0v) is 15.6. The van der Waals surface area contributed by atoms with Crippen molar-refractivity contribution in [3.05, 3.63) is 41.5 Å². The van der Waals surface area contributed by atoms with E-state index in [-0.39, 0.29) is 19.0 Å². The Bertz CT molecular complexity index is 860. The maximum atomic E-state index is 11.3. The van der Waals surface area contributed by atoms with Crippen LogP contribution >= 0.6 is 0 Å². The van der Waals surface area contributed by atoms with Crippen LogP contribution in [-0.4, -0.2) is 26.3 Å². The van der Waals surface area contributed by atoms with Crippen LogP contribution in [-0.2, 0) is 0 Å². The molecule has 0 fully saturated rings. The molecule has 2 heterocycles. The van der Waals surface area contributed by atoms with Gasteiger partial charge >= 0.3 is 0 Å². The molecule has 4 rings (SSSR count). The van der Waals surface area contributed by atoms with E-state index in [9.17, 15) is 4.79 Å². The summed E-state index contributed by atoms with van der Waals surface area (Å²) >= 11 is 0. The van der Waals surface area contributed by atoms with Crippen LogP contribution < -0.4 is 23.7 Å². The first-order valence-electron chi connectivity index (χ1n) is 8.99. The number of rotatable bonds is 5. The molecule has 2 aromatic carbocycles. The highest BCUT2D eigenvalue weighted by molar-refractivity contribution is 5.81. The first-order chi connectivity index (χ1) is 13.1. The van der Waals surface area contributed by atoms with Crippen molar-refractivity contribution in [3.63, 3.8) is 0 Å². The summed E-state index contributed by atoms with van der Waals surface area (Å²) in [5.74, 6) is 3.42. The molecule has 0 spiro atoms. The number of carbonyl (C=O) groups is 1. The van der Waals surface area contributed by atoms with Crippen LogP contribution in [0.2, 0.25) is 0 Å². The summed E-state index contributed by atoms with van der Waals surface area (Å²) in [6.45, 7) is 4.51. The van der Waals surface area contributed by atoms with Gasteiger partial charge < -0.3 is 23.7 Å². The Kier molecular flexibility index (Phi) is 4.56. The number of hydrogen-bond acceptors (Lipinski definition) is 6. The van der Waals surface area contributed by atoms with Gasteiger partial charge in [-0.15, -0.1) is 0 Å². The maximum absolute atomic E-state index is 11.3. The standard InChI is InChI=1S/C21H22O6/c1-12(2)6-20-21(13-4-5-15-17(7-13)25-11-24-15)27-19-9-16(23-3)14(10-22)8-18(19)26-20/h4-5,7-10,12,20-21H,6,11H2,1-3H3/t20-,21-/m0/s1. The highest BCUT2D eigenvalue weighted by Crippen LogP contribution is 2.45. The van der Waals surface area contributed by atoms with E-state index >= 15 is 0 Å². The van der Waals surface area contributed by atoms with Crippen molar-refractivity contribution in [3.8, 4) is 28.7 Å². The molecule has 27 heavy (non-hydrogen) atoms. The molecule has 6 heteroatoms. The van der Waals surface area contributed by atoms with Crippen LogP contribution in [0, 0.1) is 5.92 Å². The van der Waals surface area contributed by atoms with Gasteiger partial charge in [0.25, 0.3) is 0 Å². The van der Waals surface area contributed by atoms with Gasteiger partial charge in [0.05, 0.1) is 12.7 Å². The molecular weight excluding hydrogens is 348 g/mol. The number of benzene rings is 2. The summed E-state index contributed by atoms with van der Waals surface area (Å²) in [5.41, 5.74) is 1.39. The number of aldehydes is 1. The van der Waals surface area contributed by atoms with E-state index in [2.05, 4.69) is 13.8 Å². The van der Waals surface area contributed by atoms with Crippen molar-refractivity contribution in [2.75, 3.05) is 13.9 Å². The van der Waals surface area contributed by atoms with Crippen LogP contribution in [0.3, 0.4) is 0 Å². The lowest BCUT2D eigenvalue weighted by Gasteiger charge is -2.35. The maximum Gasteiger partial charge on any atom is 0.231 e. The molecule has 142 valence electrons. The van der Waals surface area contributed by atoms with Gasteiger partial charge in [0.2, 0.25) is 6.79 Å². The summed E-state index contributed by atoms with van der Waals surface area (Å²) in [5, 5.41) is 0. The monoisotopic (exact) mass is 370 g/mol. The topological polar surface area (TPSA) is 63.2 Å². The third kappa shape index (κ3) is 3.27. The first-order valence-corrected chi connectivity index (χ1v) is 8.99. The van der Waals surface area contributed by atoms with Crippen LogP contribution in [0.1, 0.15) is 42.3 Å². The Morgan fingerprint density at radius 3 is 2.59 bits per heavy atom. The molecule has 0 aliphatic carbocycles. The van der Waals surface area contributed by atoms with E-state index in [4.69, 9.17) is 23.7 Å². The Morgan fingerprint density at radius 2 is 1.85 bits per heavy atom. The average molecular weight is 370 g/mol. The van der Waals surface area contributed by atoms with Crippen LogP contribution in [0.25, 0.3) is 0 Å². The van der Waals surface area contributed by atoms with Crippen molar-refractivity contribution in [2.45, 2.75) is 32.5 Å². The molecule has 0 unspecified atom stereocenters. The Labute approximate surface area is 157 Å². The minimum Gasteiger partial charge on any atom is -0.496 e. The largest absolute Gasteiger partial charge is 0.496 e. The highest BCUT2D eigenvalue weighted by atomic mass is 16.7. The Morgan fingerprint density at radius 1 is 1.07 bits per heavy atom. The molecule has 2 aromatic rings. The molecule has 2 aliphatic heterocycles. The second-order valence-corrected chi connectivity index (χ2v) is 7.10. The van der Waals surface area contributed by atoms with Gasteiger partial charge in [-0.05, 0) is 30.5 Å². The van der Waals surface area contributed by atoms with Crippen molar-refractivity contribution in [1.82, 2.24) is 0 Å². The fraction of sp³-hybridized carbons (Fsp3) is 0.381. The number of carbonyl (C=O) groups excluding carboxylic acids is 1. The van der Waals surface area contributed by atoms with Gasteiger partial charge in [0, 0.05) is 11.6 Å². The van der Waals surface area contributed by atoms with E-state index in [0.717, 1.165) is 24.0 Å². The molecule has 0 bridgehead atoms. The quantitative estimate of drug-likeness (QED) is 0.737. The molecule has 6 nitrogen and oxygen atoms in total. The third-order valence-electron chi connectivity index (χ3n) is 4.72. The molecule has 0 radical (unpaired) electrons. The fourth-order valence-corrected chi connectivity index (χ4v) is 3.46. The lowest BCUT2D eigenvalue weighted by molar-refractivity contribution is 0.00777. The van der Waals surface area contributed by atoms with Gasteiger partial charge in [-0.3, -0.25) is 4.79 Å². The van der Waals surface area contributed by atoms with Gasteiger partial charge in [-0.25, -0.2) is 0 Å². The molecule has 0 amide bonds.